The van der Waals surface area contributed by atoms with Crippen LogP contribution in [0.1, 0.15) is 40.9 Å². The van der Waals surface area contributed by atoms with Gasteiger partial charge in [-0.3, -0.25) is 0 Å². The second kappa shape index (κ2) is 9.95. The van der Waals surface area contributed by atoms with E-state index in [0.29, 0.717) is 6.61 Å². The summed E-state index contributed by atoms with van der Waals surface area (Å²) in [5, 5.41) is 8.49. The number of unbranched alkanes of at least 4 members (excludes halogenated alkanes) is 1. The first-order valence-electron chi connectivity index (χ1n) is 6.81. The van der Waals surface area contributed by atoms with Crippen molar-refractivity contribution in [2.75, 3.05) is 33.0 Å². The number of rotatable bonds is 10. The second-order valence-electron chi connectivity index (χ2n) is 4.13. The molecule has 0 atom stereocenters. The highest BCUT2D eigenvalue weighted by Gasteiger charge is 2.17. The van der Waals surface area contributed by atoms with Crippen LogP contribution in [0, 0.1) is 0 Å². The molecule has 0 bridgehead atoms. The number of carbonyl (C=O) groups is 2. The van der Waals surface area contributed by atoms with Crippen LogP contribution in [0.4, 0.5) is 0 Å². The zero-order chi connectivity index (χ0) is 15.5. The van der Waals surface area contributed by atoms with Crippen LogP contribution in [0.15, 0.2) is 16.5 Å². The summed E-state index contributed by atoms with van der Waals surface area (Å²) in [6, 6.07) is 2.72. The number of aliphatic hydroxyl groups is 1. The topological polar surface area (TPSA) is 95.2 Å². The Morgan fingerprint density at radius 2 is 1.67 bits per heavy atom. The van der Waals surface area contributed by atoms with Gasteiger partial charge in [0, 0.05) is 0 Å². The quantitative estimate of drug-likeness (QED) is 0.515. The fraction of sp³-hybridized carbons (Fsp3) is 0.571. The summed E-state index contributed by atoms with van der Waals surface area (Å²) >= 11 is 0. The van der Waals surface area contributed by atoms with E-state index < -0.39 is 11.9 Å². The van der Waals surface area contributed by atoms with Crippen molar-refractivity contribution in [2.45, 2.75) is 19.8 Å². The molecule has 0 amide bonds. The molecular formula is C14H20O7. The third kappa shape index (κ3) is 6.42. The fourth-order valence-electron chi connectivity index (χ4n) is 1.37. The minimum Gasteiger partial charge on any atom is -0.460 e. The van der Waals surface area contributed by atoms with Crippen LogP contribution >= 0.6 is 0 Å². The predicted octanol–water partition coefficient (Wildman–Crippen LogP) is 1.40. The van der Waals surface area contributed by atoms with Gasteiger partial charge in [0.15, 0.2) is 0 Å². The van der Waals surface area contributed by atoms with Crippen molar-refractivity contribution >= 4 is 11.9 Å². The standard InChI is InChI=1S/C14H20O7/c1-2-3-7-19-13(16)11-4-5-12(21-11)14(17)20-10-9-18-8-6-15/h4-5,15H,2-3,6-10H2,1H3. The van der Waals surface area contributed by atoms with E-state index in [9.17, 15) is 9.59 Å². The number of hydrogen-bond acceptors (Lipinski definition) is 7. The maximum atomic E-state index is 11.6. The molecule has 0 aliphatic carbocycles. The van der Waals surface area contributed by atoms with Crippen LogP contribution in [0.3, 0.4) is 0 Å². The number of carbonyl (C=O) groups excluding carboxylic acids is 2. The zero-order valence-corrected chi connectivity index (χ0v) is 12.0. The van der Waals surface area contributed by atoms with Gasteiger partial charge in [-0.1, -0.05) is 13.3 Å². The Labute approximate surface area is 122 Å². The van der Waals surface area contributed by atoms with Gasteiger partial charge in [0.1, 0.15) is 6.61 Å². The Bertz CT molecular complexity index is 438. The molecule has 0 fully saturated rings. The van der Waals surface area contributed by atoms with Crippen LogP contribution in [-0.4, -0.2) is 50.1 Å². The largest absolute Gasteiger partial charge is 0.460 e. The third-order valence-corrected chi connectivity index (χ3v) is 2.44. The molecule has 0 saturated carbocycles. The molecule has 0 spiro atoms. The summed E-state index contributed by atoms with van der Waals surface area (Å²) in [5.41, 5.74) is 0. The normalized spacial score (nSPS) is 10.4. The summed E-state index contributed by atoms with van der Waals surface area (Å²) in [6.45, 7) is 2.62. The first-order valence-corrected chi connectivity index (χ1v) is 6.81. The second-order valence-corrected chi connectivity index (χ2v) is 4.13. The van der Waals surface area contributed by atoms with Gasteiger partial charge in [-0.05, 0) is 18.6 Å². The fourth-order valence-corrected chi connectivity index (χ4v) is 1.37. The van der Waals surface area contributed by atoms with Gasteiger partial charge in [0.2, 0.25) is 11.5 Å². The van der Waals surface area contributed by atoms with E-state index in [4.69, 9.17) is 23.7 Å². The Kier molecular flexibility index (Phi) is 8.15. The summed E-state index contributed by atoms with van der Waals surface area (Å²) in [6.07, 6.45) is 1.69. The van der Waals surface area contributed by atoms with Crippen molar-refractivity contribution in [3.05, 3.63) is 23.7 Å². The van der Waals surface area contributed by atoms with E-state index in [1.54, 1.807) is 0 Å². The summed E-state index contributed by atoms with van der Waals surface area (Å²) in [4.78, 5) is 23.2. The van der Waals surface area contributed by atoms with Crippen molar-refractivity contribution in [2.24, 2.45) is 0 Å². The highest BCUT2D eigenvalue weighted by Crippen LogP contribution is 2.11. The Morgan fingerprint density at radius 1 is 1.05 bits per heavy atom. The maximum absolute atomic E-state index is 11.6. The molecule has 0 aliphatic heterocycles. The lowest BCUT2D eigenvalue weighted by Gasteiger charge is -2.03. The van der Waals surface area contributed by atoms with Gasteiger partial charge >= 0.3 is 11.9 Å². The third-order valence-electron chi connectivity index (χ3n) is 2.44. The molecule has 1 rings (SSSR count). The first-order chi connectivity index (χ1) is 10.2. The van der Waals surface area contributed by atoms with E-state index in [-0.39, 0.29) is 37.9 Å². The first kappa shape index (κ1) is 17.2. The zero-order valence-electron chi connectivity index (χ0n) is 12.0. The summed E-state index contributed by atoms with van der Waals surface area (Å²) in [5.74, 6) is -1.39. The molecule has 118 valence electrons. The Morgan fingerprint density at radius 3 is 2.24 bits per heavy atom. The number of hydrogen-bond donors (Lipinski definition) is 1. The molecule has 0 saturated heterocycles. The molecule has 21 heavy (non-hydrogen) atoms. The SMILES string of the molecule is CCCCOC(=O)c1ccc(C(=O)OCCOCCO)o1. The minimum atomic E-state index is -0.685. The van der Waals surface area contributed by atoms with Gasteiger partial charge < -0.3 is 23.7 Å². The summed E-state index contributed by atoms with van der Waals surface area (Å²) < 4.78 is 19.9. The van der Waals surface area contributed by atoms with Gasteiger partial charge in [0.05, 0.1) is 26.4 Å². The monoisotopic (exact) mass is 300 g/mol. The predicted molar refractivity (Wildman–Crippen MR) is 72.1 cm³/mol. The molecule has 1 aromatic rings. The molecule has 1 N–H and O–H groups in total. The molecule has 7 heteroatoms. The van der Waals surface area contributed by atoms with E-state index in [1.165, 1.54) is 12.1 Å². The van der Waals surface area contributed by atoms with Gasteiger partial charge in [-0.15, -0.1) is 0 Å². The average molecular weight is 300 g/mol. The molecule has 7 nitrogen and oxygen atoms in total. The maximum Gasteiger partial charge on any atom is 0.374 e. The van der Waals surface area contributed by atoms with Crippen molar-refractivity contribution < 1.29 is 33.3 Å². The number of ether oxygens (including phenoxy) is 3. The molecule has 1 aromatic heterocycles. The molecule has 0 aromatic carbocycles. The van der Waals surface area contributed by atoms with E-state index >= 15 is 0 Å². The van der Waals surface area contributed by atoms with Gasteiger partial charge in [-0.25, -0.2) is 9.59 Å². The van der Waals surface area contributed by atoms with Gasteiger partial charge in [-0.2, -0.15) is 0 Å². The minimum absolute atomic E-state index is 0.0328. The van der Waals surface area contributed by atoms with Crippen molar-refractivity contribution in [3.63, 3.8) is 0 Å². The van der Waals surface area contributed by atoms with Crippen LogP contribution in [-0.2, 0) is 14.2 Å². The number of aliphatic hydroxyl groups excluding tert-OH is 1. The van der Waals surface area contributed by atoms with Crippen molar-refractivity contribution in [1.82, 2.24) is 0 Å². The Hall–Kier alpha value is -1.86. The van der Waals surface area contributed by atoms with Crippen LogP contribution in [0.5, 0.6) is 0 Å². The highest BCUT2D eigenvalue weighted by atomic mass is 16.6. The molecule has 0 aliphatic rings. The van der Waals surface area contributed by atoms with Gasteiger partial charge in [0.25, 0.3) is 0 Å². The molecular weight excluding hydrogens is 280 g/mol. The van der Waals surface area contributed by atoms with Crippen LogP contribution in [0.25, 0.3) is 0 Å². The lowest BCUT2D eigenvalue weighted by molar-refractivity contribution is 0.0229. The smallest absolute Gasteiger partial charge is 0.374 e. The molecule has 0 unspecified atom stereocenters. The lowest BCUT2D eigenvalue weighted by atomic mass is 10.3. The highest BCUT2D eigenvalue weighted by molar-refractivity contribution is 5.90. The molecule has 0 radical (unpaired) electrons. The van der Waals surface area contributed by atoms with E-state index in [1.807, 2.05) is 6.92 Å². The lowest BCUT2D eigenvalue weighted by Crippen LogP contribution is -2.11. The number of furan rings is 1. The Balaban J connectivity index is 2.35. The average Bonchev–Trinajstić information content (AvgIpc) is 2.97. The van der Waals surface area contributed by atoms with Crippen molar-refractivity contribution in [3.8, 4) is 0 Å². The summed E-state index contributed by atoms with van der Waals surface area (Å²) in [7, 11) is 0. The molecule has 1 heterocycles. The van der Waals surface area contributed by atoms with E-state index in [0.717, 1.165) is 12.8 Å². The number of esters is 2. The van der Waals surface area contributed by atoms with Crippen molar-refractivity contribution in [1.29, 1.82) is 0 Å². The van der Waals surface area contributed by atoms with E-state index in [2.05, 4.69) is 0 Å². The van der Waals surface area contributed by atoms with Crippen LogP contribution in [0.2, 0.25) is 0 Å². The van der Waals surface area contributed by atoms with Crippen LogP contribution < -0.4 is 0 Å².